The van der Waals surface area contributed by atoms with Gasteiger partial charge in [-0.05, 0) is 12.1 Å². The zero-order valence-electron chi connectivity index (χ0n) is 4.82. The van der Waals surface area contributed by atoms with E-state index in [4.69, 9.17) is 46.4 Å². The van der Waals surface area contributed by atoms with Crippen LogP contribution in [-0.2, 0) is 0 Å². The van der Waals surface area contributed by atoms with Crippen LogP contribution in [0.15, 0.2) is 24.5 Å². The van der Waals surface area contributed by atoms with Crippen molar-refractivity contribution in [2.75, 3.05) is 0 Å². The summed E-state index contributed by atoms with van der Waals surface area (Å²) in [6.45, 7) is 0. The van der Waals surface area contributed by atoms with Gasteiger partial charge in [-0.3, -0.25) is 0 Å². The Morgan fingerprint density at radius 2 is 1.20 bits per heavy atom. The van der Waals surface area contributed by atoms with E-state index in [1.54, 1.807) is 0 Å². The number of hydrogen-bond donors (Lipinski definition) is 1. The quantitative estimate of drug-likeness (QED) is 0.644. The highest BCUT2D eigenvalue weighted by Crippen LogP contribution is 2.29. The van der Waals surface area contributed by atoms with Gasteiger partial charge in [-0.1, -0.05) is 46.4 Å². The number of nitrogens with one attached hydrogen (secondary N) is 1. The molecule has 5 heteroatoms. The van der Waals surface area contributed by atoms with Gasteiger partial charge in [0.1, 0.15) is 0 Å². The van der Waals surface area contributed by atoms with Gasteiger partial charge in [0.25, 0.3) is 3.25 Å². The summed E-state index contributed by atoms with van der Waals surface area (Å²) in [6.07, 6.45) is 3.75. The van der Waals surface area contributed by atoms with E-state index in [0.717, 1.165) is 0 Å². The van der Waals surface area contributed by atoms with Gasteiger partial charge < -0.3 is 4.98 Å². The Hall–Kier alpha value is 0.440. The molecule has 0 bridgehead atoms. The molecule has 0 saturated carbocycles. The molecular formula is C5H5Cl4N. The van der Waals surface area contributed by atoms with E-state index in [-0.39, 0.29) is 0 Å². The molecule has 58 valence electrons. The molecule has 0 aliphatic heterocycles. The highest BCUT2D eigenvalue weighted by atomic mass is 35.6. The van der Waals surface area contributed by atoms with E-state index in [2.05, 4.69) is 4.98 Å². The minimum absolute atomic E-state index is 1.61. The molecule has 0 aromatic carbocycles. The van der Waals surface area contributed by atoms with Gasteiger partial charge in [0.15, 0.2) is 0 Å². The lowest BCUT2D eigenvalue weighted by atomic mass is 10.7. The maximum absolute atomic E-state index is 4.83. The van der Waals surface area contributed by atoms with E-state index in [0.29, 0.717) is 0 Å². The van der Waals surface area contributed by atoms with Crippen molar-refractivity contribution in [1.82, 2.24) is 4.98 Å². The molecule has 1 aromatic rings. The summed E-state index contributed by atoms with van der Waals surface area (Å²) in [7, 11) is 0. The van der Waals surface area contributed by atoms with Crippen molar-refractivity contribution in [3.8, 4) is 0 Å². The molecule has 1 N–H and O–H groups in total. The molecule has 0 atom stereocenters. The van der Waals surface area contributed by atoms with Gasteiger partial charge in [0.2, 0.25) is 0 Å². The number of alkyl halides is 4. The van der Waals surface area contributed by atoms with Crippen molar-refractivity contribution in [3.63, 3.8) is 0 Å². The van der Waals surface area contributed by atoms with Crippen molar-refractivity contribution in [2.45, 2.75) is 3.25 Å². The third kappa shape index (κ3) is 15.8. The molecule has 0 aliphatic carbocycles. The molecule has 1 aromatic heterocycles. The summed E-state index contributed by atoms with van der Waals surface area (Å²) >= 11 is 19.3. The fourth-order valence-corrected chi connectivity index (χ4v) is 0.278. The van der Waals surface area contributed by atoms with Gasteiger partial charge in [-0.15, -0.1) is 0 Å². The summed E-state index contributed by atoms with van der Waals surface area (Å²) in [4.78, 5) is 2.86. The lowest BCUT2D eigenvalue weighted by Gasteiger charge is -1.91. The Kier molecular flexibility index (Phi) is 5.36. The van der Waals surface area contributed by atoms with E-state index < -0.39 is 3.25 Å². The first-order valence-corrected chi connectivity index (χ1v) is 3.85. The molecule has 0 unspecified atom stereocenters. The van der Waals surface area contributed by atoms with Crippen LogP contribution in [0.25, 0.3) is 0 Å². The average Bonchev–Trinajstić information content (AvgIpc) is 2.07. The Morgan fingerprint density at radius 3 is 1.30 bits per heavy atom. The van der Waals surface area contributed by atoms with Crippen LogP contribution in [0.4, 0.5) is 0 Å². The summed E-state index contributed by atoms with van der Waals surface area (Å²) in [5.41, 5.74) is 0. The van der Waals surface area contributed by atoms with Gasteiger partial charge in [0.05, 0.1) is 0 Å². The predicted octanol–water partition coefficient (Wildman–Crippen LogP) is 3.57. The van der Waals surface area contributed by atoms with Crippen molar-refractivity contribution in [2.24, 2.45) is 0 Å². The van der Waals surface area contributed by atoms with Crippen LogP contribution in [0.5, 0.6) is 0 Å². The van der Waals surface area contributed by atoms with Crippen LogP contribution in [0.1, 0.15) is 0 Å². The topological polar surface area (TPSA) is 15.8 Å². The molecule has 1 heterocycles. The van der Waals surface area contributed by atoms with Crippen LogP contribution in [0.2, 0.25) is 0 Å². The summed E-state index contributed by atoms with van der Waals surface area (Å²) < 4.78 is -1.61. The monoisotopic (exact) mass is 219 g/mol. The molecule has 0 spiro atoms. The lowest BCUT2D eigenvalue weighted by molar-refractivity contribution is 1.42. The lowest BCUT2D eigenvalue weighted by Crippen LogP contribution is -1.81. The number of aromatic nitrogens is 1. The van der Waals surface area contributed by atoms with Crippen LogP contribution in [0.3, 0.4) is 0 Å². The first-order chi connectivity index (χ1) is 4.50. The fourth-order valence-electron chi connectivity index (χ4n) is 0.278. The van der Waals surface area contributed by atoms with Crippen LogP contribution in [-0.4, -0.2) is 8.24 Å². The molecule has 1 rings (SSSR count). The minimum Gasteiger partial charge on any atom is -0.368 e. The molecular weight excluding hydrogens is 216 g/mol. The van der Waals surface area contributed by atoms with Gasteiger partial charge in [0, 0.05) is 12.4 Å². The molecule has 0 saturated heterocycles. The van der Waals surface area contributed by atoms with Crippen molar-refractivity contribution >= 4 is 46.4 Å². The first kappa shape index (κ1) is 10.4. The smallest absolute Gasteiger partial charge is 0.266 e. The standard InChI is InChI=1S/C4H5N.CCl4/c1-2-4-5-3-1;2-1(3,4)5/h1-5H;. The van der Waals surface area contributed by atoms with E-state index in [1.807, 2.05) is 24.5 Å². The largest absolute Gasteiger partial charge is 0.368 e. The van der Waals surface area contributed by atoms with Crippen molar-refractivity contribution < 1.29 is 0 Å². The Balaban J connectivity index is 0.000000162. The Morgan fingerprint density at radius 1 is 0.900 bits per heavy atom. The molecule has 0 fully saturated rings. The minimum atomic E-state index is -1.61. The zero-order valence-corrected chi connectivity index (χ0v) is 7.84. The van der Waals surface area contributed by atoms with Gasteiger partial charge in [-0.2, -0.15) is 0 Å². The molecule has 0 amide bonds. The number of hydrogen-bond acceptors (Lipinski definition) is 0. The molecule has 0 radical (unpaired) electrons. The Bertz CT molecular complexity index is 120. The summed E-state index contributed by atoms with van der Waals surface area (Å²) in [5.74, 6) is 0. The van der Waals surface area contributed by atoms with Crippen LogP contribution < -0.4 is 0 Å². The predicted molar refractivity (Wildman–Crippen MR) is 46.9 cm³/mol. The fraction of sp³-hybridized carbons (Fsp3) is 0.200. The normalized spacial score (nSPS) is 10.0. The van der Waals surface area contributed by atoms with Crippen molar-refractivity contribution in [1.29, 1.82) is 0 Å². The number of H-pyrrole nitrogens is 1. The summed E-state index contributed by atoms with van der Waals surface area (Å²) in [5, 5.41) is 0. The third-order valence-electron chi connectivity index (χ3n) is 0.496. The van der Waals surface area contributed by atoms with E-state index in [1.165, 1.54) is 0 Å². The number of rotatable bonds is 0. The highest BCUT2D eigenvalue weighted by molar-refractivity contribution is 6.83. The first-order valence-electron chi connectivity index (χ1n) is 2.33. The van der Waals surface area contributed by atoms with Crippen molar-refractivity contribution in [3.05, 3.63) is 24.5 Å². The van der Waals surface area contributed by atoms with Gasteiger partial charge >= 0.3 is 0 Å². The van der Waals surface area contributed by atoms with Crippen LogP contribution in [0, 0.1) is 0 Å². The average molecular weight is 221 g/mol. The zero-order chi connectivity index (χ0) is 8.04. The summed E-state index contributed by atoms with van der Waals surface area (Å²) in [6, 6.07) is 3.89. The second-order valence-corrected chi connectivity index (χ2v) is 4.74. The maximum Gasteiger partial charge on any atom is 0.266 e. The molecule has 1 nitrogen and oxygen atoms in total. The second-order valence-electron chi connectivity index (χ2n) is 1.31. The Labute approximate surface area is 79.2 Å². The number of halogens is 4. The van der Waals surface area contributed by atoms with E-state index >= 15 is 0 Å². The van der Waals surface area contributed by atoms with E-state index in [9.17, 15) is 0 Å². The maximum atomic E-state index is 4.83. The third-order valence-corrected chi connectivity index (χ3v) is 0.496. The number of aromatic amines is 1. The molecule has 10 heavy (non-hydrogen) atoms. The molecule has 0 aliphatic rings. The second kappa shape index (κ2) is 5.14. The SMILES string of the molecule is ClC(Cl)(Cl)Cl.c1cc[nH]c1. The highest BCUT2D eigenvalue weighted by Gasteiger charge is 2.11. The van der Waals surface area contributed by atoms with Crippen LogP contribution >= 0.6 is 46.4 Å². The van der Waals surface area contributed by atoms with Gasteiger partial charge in [-0.25, -0.2) is 0 Å².